The average molecular weight is 376 g/mol. The predicted molar refractivity (Wildman–Crippen MR) is 113 cm³/mol. The van der Waals surface area contributed by atoms with Crippen LogP contribution in [0.2, 0.25) is 0 Å². The van der Waals surface area contributed by atoms with Crippen LogP contribution in [0.15, 0.2) is 66.0 Å². The van der Waals surface area contributed by atoms with E-state index in [1.54, 1.807) is 11.8 Å². The molecule has 1 aromatic carbocycles. The summed E-state index contributed by atoms with van der Waals surface area (Å²) in [7, 11) is 0. The number of aromatic nitrogens is 1. The summed E-state index contributed by atoms with van der Waals surface area (Å²) < 4.78 is 0. The summed E-state index contributed by atoms with van der Waals surface area (Å²) in [5.74, 6) is 0.836. The summed E-state index contributed by atoms with van der Waals surface area (Å²) in [6.45, 7) is 6.25. The van der Waals surface area contributed by atoms with Gasteiger partial charge < -0.3 is 16.6 Å². The van der Waals surface area contributed by atoms with Gasteiger partial charge in [-0.25, -0.2) is 5.43 Å². The third-order valence-corrected chi connectivity index (χ3v) is 5.94. The fourth-order valence-electron chi connectivity index (χ4n) is 3.29. The molecule has 3 heterocycles. The molecule has 27 heavy (non-hydrogen) atoms. The molecule has 2 aromatic rings. The molecule has 0 saturated carbocycles. The van der Waals surface area contributed by atoms with Crippen LogP contribution in [-0.2, 0) is 0 Å². The molecule has 0 radical (unpaired) electrons. The number of pyridine rings is 1. The lowest BCUT2D eigenvalue weighted by Crippen LogP contribution is -2.27. The van der Waals surface area contributed by atoms with E-state index >= 15 is 0 Å². The van der Waals surface area contributed by atoms with Gasteiger partial charge in [-0.15, -0.1) is 11.8 Å². The second kappa shape index (κ2) is 7.06. The number of anilines is 1. The van der Waals surface area contributed by atoms with E-state index in [0.29, 0.717) is 5.69 Å². The first-order valence-electron chi connectivity index (χ1n) is 8.68. The van der Waals surface area contributed by atoms with Crippen molar-refractivity contribution in [3.63, 3.8) is 0 Å². The Morgan fingerprint density at radius 2 is 2.19 bits per heavy atom. The highest BCUT2D eigenvalue weighted by Gasteiger charge is 2.29. The van der Waals surface area contributed by atoms with Gasteiger partial charge in [-0.3, -0.25) is 4.98 Å². The Hall–Kier alpha value is -2.83. The molecule has 0 fully saturated rings. The van der Waals surface area contributed by atoms with Gasteiger partial charge in [-0.05, 0) is 47.9 Å². The van der Waals surface area contributed by atoms with Gasteiger partial charge in [-0.1, -0.05) is 18.7 Å². The van der Waals surface area contributed by atoms with E-state index in [1.807, 2.05) is 37.4 Å². The molecule has 5 nitrogen and oxygen atoms in total. The highest BCUT2D eigenvalue weighted by atomic mass is 32.2. The number of benzene rings is 1. The zero-order valence-corrected chi connectivity index (χ0v) is 15.9. The molecular weight excluding hydrogens is 354 g/mol. The molecule has 0 bridgehead atoms. The van der Waals surface area contributed by atoms with Gasteiger partial charge >= 0.3 is 0 Å². The molecular formula is C21H21N5S. The van der Waals surface area contributed by atoms with Crippen LogP contribution in [0.5, 0.6) is 0 Å². The number of hydrazine groups is 1. The molecule has 0 amide bonds. The van der Waals surface area contributed by atoms with Gasteiger partial charge in [0.2, 0.25) is 0 Å². The van der Waals surface area contributed by atoms with Crippen LogP contribution < -0.4 is 16.6 Å². The number of nitrogens with two attached hydrogens (primary N) is 1. The molecule has 136 valence electrons. The standard InChI is InChI=1S/C21H21N5S/c1-12-7-19(15-4-3-13(2)24-10-15)27-11-17-20(12)25-26-21(17)14-5-6-18(23)16(8-14)9-22/h3-10,21-22,25-26H,1,11,23H2,2H3. The maximum Gasteiger partial charge on any atom is 0.0752 e. The van der Waals surface area contributed by atoms with Crippen molar-refractivity contribution in [1.29, 1.82) is 5.41 Å². The Morgan fingerprint density at radius 3 is 2.93 bits per heavy atom. The van der Waals surface area contributed by atoms with Crippen molar-refractivity contribution in [3.8, 4) is 0 Å². The van der Waals surface area contributed by atoms with E-state index < -0.39 is 0 Å². The van der Waals surface area contributed by atoms with E-state index in [0.717, 1.165) is 39.4 Å². The third-order valence-electron chi connectivity index (χ3n) is 4.82. The van der Waals surface area contributed by atoms with Gasteiger partial charge in [0.05, 0.1) is 11.7 Å². The van der Waals surface area contributed by atoms with Crippen molar-refractivity contribution in [2.75, 3.05) is 11.5 Å². The molecule has 0 saturated heterocycles. The Kier molecular flexibility index (Phi) is 4.59. The van der Waals surface area contributed by atoms with Gasteiger partial charge in [0, 0.05) is 45.6 Å². The Balaban J connectivity index is 1.64. The van der Waals surface area contributed by atoms with Crippen LogP contribution in [0.3, 0.4) is 0 Å². The summed E-state index contributed by atoms with van der Waals surface area (Å²) in [5.41, 5.74) is 20.4. The van der Waals surface area contributed by atoms with Crippen molar-refractivity contribution in [2.45, 2.75) is 13.0 Å². The first kappa shape index (κ1) is 17.6. The average Bonchev–Trinajstić information content (AvgIpc) is 3.03. The number of hydrogen-bond donors (Lipinski definition) is 4. The minimum atomic E-state index is 0.0208. The second-order valence-corrected chi connectivity index (χ2v) is 7.66. The van der Waals surface area contributed by atoms with E-state index in [2.05, 4.69) is 34.6 Å². The SMILES string of the molecule is C=C1C=C(c2ccc(C)nc2)SCC2=C1NNC2c1ccc(N)c(C=N)c1. The summed E-state index contributed by atoms with van der Waals surface area (Å²) in [6.07, 6.45) is 5.32. The van der Waals surface area contributed by atoms with Crippen molar-refractivity contribution in [1.82, 2.24) is 15.8 Å². The van der Waals surface area contributed by atoms with E-state index in [-0.39, 0.29) is 6.04 Å². The number of nitrogens with one attached hydrogen (secondary N) is 3. The number of allylic oxidation sites excluding steroid dienone is 1. The number of nitrogens with zero attached hydrogens (tertiary/aromatic N) is 1. The van der Waals surface area contributed by atoms with Crippen LogP contribution in [0.1, 0.15) is 28.4 Å². The molecule has 2 aliphatic rings. The van der Waals surface area contributed by atoms with Crippen LogP contribution in [0, 0.1) is 12.3 Å². The van der Waals surface area contributed by atoms with Gasteiger partial charge in [0.1, 0.15) is 0 Å². The molecule has 0 aliphatic carbocycles. The topological polar surface area (TPSA) is 86.8 Å². The largest absolute Gasteiger partial charge is 0.398 e. The normalized spacial score (nSPS) is 19.2. The van der Waals surface area contributed by atoms with Crippen LogP contribution in [0.4, 0.5) is 5.69 Å². The maximum absolute atomic E-state index is 7.55. The zero-order chi connectivity index (χ0) is 19.0. The number of hydrogen-bond acceptors (Lipinski definition) is 6. The number of rotatable bonds is 3. The Morgan fingerprint density at radius 1 is 1.33 bits per heavy atom. The Bertz CT molecular complexity index is 988. The van der Waals surface area contributed by atoms with Crippen molar-refractivity contribution < 1.29 is 0 Å². The fourth-order valence-corrected chi connectivity index (χ4v) is 4.42. The first-order chi connectivity index (χ1) is 13.1. The van der Waals surface area contributed by atoms with Crippen molar-refractivity contribution in [3.05, 3.63) is 88.4 Å². The number of aryl methyl sites for hydroxylation is 1. The minimum Gasteiger partial charge on any atom is -0.398 e. The van der Waals surface area contributed by atoms with Gasteiger partial charge in [-0.2, -0.15) is 0 Å². The van der Waals surface area contributed by atoms with E-state index in [9.17, 15) is 0 Å². The number of thioether (sulfide) groups is 1. The van der Waals surface area contributed by atoms with Crippen LogP contribution in [-0.4, -0.2) is 17.0 Å². The van der Waals surface area contributed by atoms with Crippen LogP contribution >= 0.6 is 11.8 Å². The Labute approximate surface area is 162 Å². The minimum absolute atomic E-state index is 0.0208. The maximum atomic E-state index is 7.55. The smallest absolute Gasteiger partial charge is 0.0752 e. The molecule has 6 heteroatoms. The summed E-state index contributed by atoms with van der Waals surface area (Å²) in [6, 6.07) is 9.98. The van der Waals surface area contributed by atoms with Gasteiger partial charge in [0.15, 0.2) is 0 Å². The molecule has 2 aliphatic heterocycles. The lowest BCUT2D eigenvalue weighted by Gasteiger charge is -2.16. The summed E-state index contributed by atoms with van der Waals surface area (Å²) in [4.78, 5) is 5.58. The lowest BCUT2D eigenvalue weighted by atomic mass is 9.96. The van der Waals surface area contributed by atoms with Crippen molar-refractivity contribution >= 4 is 28.6 Å². The van der Waals surface area contributed by atoms with Crippen molar-refractivity contribution in [2.24, 2.45) is 0 Å². The lowest BCUT2D eigenvalue weighted by molar-refractivity contribution is 0.590. The summed E-state index contributed by atoms with van der Waals surface area (Å²) >= 11 is 1.79. The van der Waals surface area contributed by atoms with E-state index in [4.69, 9.17) is 11.1 Å². The molecule has 0 spiro atoms. The van der Waals surface area contributed by atoms with Gasteiger partial charge in [0.25, 0.3) is 0 Å². The monoisotopic (exact) mass is 375 g/mol. The molecule has 1 unspecified atom stereocenters. The highest BCUT2D eigenvalue weighted by Crippen LogP contribution is 2.41. The number of nitrogen functional groups attached to an aromatic ring is 1. The quantitative estimate of drug-likeness (QED) is 0.485. The fraction of sp³-hybridized carbons (Fsp3) is 0.143. The molecule has 1 aromatic heterocycles. The predicted octanol–water partition coefficient (Wildman–Crippen LogP) is 3.72. The van der Waals surface area contributed by atoms with E-state index in [1.165, 1.54) is 16.7 Å². The molecule has 1 atom stereocenters. The highest BCUT2D eigenvalue weighted by molar-refractivity contribution is 8.08. The zero-order valence-electron chi connectivity index (χ0n) is 15.0. The summed E-state index contributed by atoms with van der Waals surface area (Å²) in [5, 5.41) is 7.55. The molecule has 5 N–H and O–H groups in total. The second-order valence-electron chi connectivity index (χ2n) is 6.65. The van der Waals surface area contributed by atoms with Crippen LogP contribution in [0.25, 0.3) is 4.91 Å². The third kappa shape index (κ3) is 3.29. The molecule has 4 rings (SSSR count). The first-order valence-corrected chi connectivity index (χ1v) is 9.66.